The van der Waals surface area contributed by atoms with E-state index in [9.17, 15) is 19.5 Å². The molecule has 1 aliphatic heterocycles. The van der Waals surface area contributed by atoms with Gasteiger partial charge in [0.1, 0.15) is 5.56 Å². The molecule has 0 aliphatic carbocycles. The summed E-state index contributed by atoms with van der Waals surface area (Å²) in [5.41, 5.74) is -1.33. The molecule has 2 aromatic rings. The molecule has 3 rings (SSSR count). The number of hydrogen-bond acceptors (Lipinski definition) is 5. The standard InChI is InChI=1S/C15H10Cl2N4O4/c1-6-8(5-9-12(22)18-15(25)19-13(9)23)14(24)21(20-6)11-4-7(16)2-3-10(11)17/h2-5H,1H3,(H3,18,19,22,23,25). The number of nitrogens with zero attached hydrogens (tertiary/aromatic N) is 2. The normalized spacial score (nSPS) is 15.8. The zero-order valence-electron chi connectivity index (χ0n) is 12.6. The maximum atomic E-state index is 12.6. The van der Waals surface area contributed by atoms with Crippen molar-refractivity contribution in [3.05, 3.63) is 60.2 Å². The van der Waals surface area contributed by atoms with E-state index in [1.165, 1.54) is 12.1 Å². The first-order valence-electron chi connectivity index (χ1n) is 6.90. The summed E-state index contributed by atoms with van der Waals surface area (Å²) in [5.74, 6) is -1.22. The Labute approximate surface area is 150 Å². The zero-order valence-corrected chi connectivity index (χ0v) is 14.1. The van der Waals surface area contributed by atoms with Crippen molar-refractivity contribution in [2.75, 3.05) is 5.01 Å². The maximum Gasteiger partial charge on any atom is 0.328 e. The number of H-pyrrole nitrogens is 2. The lowest BCUT2D eigenvalue weighted by molar-refractivity contribution is -0.114. The van der Waals surface area contributed by atoms with Crippen LogP contribution in [0.2, 0.25) is 10.0 Å². The van der Waals surface area contributed by atoms with E-state index in [0.717, 1.165) is 11.1 Å². The second kappa shape index (κ2) is 6.23. The van der Waals surface area contributed by atoms with Crippen molar-refractivity contribution in [3.63, 3.8) is 0 Å². The third kappa shape index (κ3) is 3.09. The van der Waals surface area contributed by atoms with Crippen LogP contribution in [0.1, 0.15) is 12.5 Å². The Morgan fingerprint density at radius 2 is 1.92 bits per heavy atom. The number of anilines is 1. The highest BCUT2D eigenvalue weighted by atomic mass is 35.5. The fourth-order valence-corrected chi connectivity index (χ4v) is 2.62. The number of benzene rings is 1. The van der Waals surface area contributed by atoms with E-state index in [4.69, 9.17) is 23.2 Å². The molecule has 128 valence electrons. The Hall–Kier alpha value is -2.84. The van der Waals surface area contributed by atoms with Crippen LogP contribution in [-0.4, -0.2) is 26.7 Å². The molecule has 2 heterocycles. The van der Waals surface area contributed by atoms with Crippen molar-refractivity contribution in [2.24, 2.45) is 5.10 Å². The van der Waals surface area contributed by atoms with Gasteiger partial charge >= 0.3 is 5.69 Å². The van der Waals surface area contributed by atoms with Crippen LogP contribution in [0.5, 0.6) is 5.88 Å². The molecule has 1 amide bonds. The molecule has 1 aromatic heterocycles. The fraction of sp³-hybridized carbons (Fsp3) is 0.0667. The molecule has 0 saturated carbocycles. The summed E-state index contributed by atoms with van der Waals surface area (Å²) >= 11 is 12.0. The van der Waals surface area contributed by atoms with E-state index >= 15 is 0 Å². The van der Waals surface area contributed by atoms with E-state index < -0.39 is 23.0 Å². The number of rotatable bonds is 2. The van der Waals surface area contributed by atoms with E-state index in [0.29, 0.717) is 10.7 Å². The van der Waals surface area contributed by atoms with E-state index in [1.54, 1.807) is 13.0 Å². The van der Waals surface area contributed by atoms with E-state index in [2.05, 4.69) is 5.10 Å². The van der Waals surface area contributed by atoms with Gasteiger partial charge in [0, 0.05) is 5.02 Å². The summed E-state index contributed by atoms with van der Waals surface area (Å²) in [7, 11) is 0. The van der Waals surface area contributed by atoms with Gasteiger partial charge in [-0.1, -0.05) is 23.2 Å². The van der Waals surface area contributed by atoms with Crippen molar-refractivity contribution in [1.29, 1.82) is 0 Å². The highest BCUT2D eigenvalue weighted by Gasteiger charge is 2.30. The quantitative estimate of drug-likeness (QED) is 0.689. The van der Waals surface area contributed by atoms with Crippen molar-refractivity contribution < 1.29 is 9.90 Å². The van der Waals surface area contributed by atoms with E-state index in [-0.39, 0.29) is 21.8 Å². The molecule has 0 saturated heterocycles. The first-order chi connectivity index (χ1) is 11.8. The minimum absolute atomic E-state index is 0.0592. The number of hydrogen-bond donors (Lipinski definition) is 3. The molecule has 3 N–H and O–H groups in total. The summed E-state index contributed by atoms with van der Waals surface area (Å²) in [4.78, 5) is 39.6. The third-order valence-electron chi connectivity index (χ3n) is 3.45. The molecule has 1 aromatic carbocycles. The van der Waals surface area contributed by atoms with Crippen molar-refractivity contribution in [1.82, 2.24) is 9.97 Å². The summed E-state index contributed by atoms with van der Waals surface area (Å²) in [6, 6.07) is 4.57. The molecule has 10 heteroatoms. The van der Waals surface area contributed by atoms with Gasteiger partial charge in [-0.05, 0) is 31.2 Å². The smallest absolute Gasteiger partial charge is 0.328 e. The molecule has 0 fully saturated rings. The van der Waals surface area contributed by atoms with Gasteiger partial charge in [-0.25, -0.2) is 4.79 Å². The Morgan fingerprint density at radius 3 is 2.60 bits per heavy atom. The summed E-state index contributed by atoms with van der Waals surface area (Å²) in [5, 5.41) is 15.5. The number of nitrogens with one attached hydrogen (secondary N) is 2. The first-order valence-corrected chi connectivity index (χ1v) is 7.66. The van der Waals surface area contributed by atoms with Crippen molar-refractivity contribution >= 4 is 46.6 Å². The van der Waals surface area contributed by atoms with Gasteiger partial charge in [0.05, 0.1) is 22.0 Å². The average Bonchev–Trinajstić information content (AvgIpc) is 2.80. The third-order valence-corrected chi connectivity index (χ3v) is 4.00. The number of carbonyl (C=O) groups is 1. The molecule has 0 unspecified atom stereocenters. The number of aromatic amines is 2. The average molecular weight is 381 g/mol. The van der Waals surface area contributed by atoms with Crippen LogP contribution in [0, 0.1) is 0 Å². The zero-order chi connectivity index (χ0) is 18.3. The molecule has 1 aliphatic rings. The van der Waals surface area contributed by atoms with Crippen LogP contribution < -0.4 is 16.3 Å². The molecular weight excluding hydrogens is 371 g/mol. The van der Waals surface area contributed by atoms with Gasteiger partial charge in [0.15, 0.2) is 0 Å². The van der Waals surface area contributed by atoms with Gasteiger partial charge in [0.25, 0.3) is 11.5 Å². The molecule has 0 atom stereocenters. The second-order valence-electron chi connectivity index (χ2n) is 5.13. The van der Waals surface area contributed by atoms with Gasteiger partial charge < -0.3 is 5.11 Å². The minimum Gasteiger partial charge on any atom is -0.494 e. The molecule has 0 bridgehead atoms. The minimum atomic E-state index is -0.861. The van der Waals surface area contributed by atoms with Crippen molar-refractivity contribution in [2.45, 2.75) is 6.92 Å². The van der Waals surface area contributed by atoms with Crippen LogP contribution in [0.15, 0.2) is 38.5 Å². The highest BCUT2D eigenvalue weighted by Crippen LogP contribution is 2.33. The second-order valence-corrected chi connectivity index (χ2v) is 5.97. The van der Waals surface area contributed by atoms with Crippen LogP contribution in [0.3, 0.4) is 0 Å². The number of carbonyl (C=O) groups excluding carboxylic acids is 1. The van der Waals surface area contributed by atoms with Gasteiger partial charge in [-0.2, -0.15) is 10.1 Å². The summed E-state index contributed by atoms with van der Waals surface area (Å²) in [6.07, 6.45) is 1.14. The predicted molar refractivity (Wildman–Crippen MR) is 94.4 cm³/mol. The molecule has 8 nitrogen and oxygen atoms in total. The molecule has 25 heavy (non-hydrogen) atoms. The maximum absolute atomic E-state index is 12.6. The van der Waals surface area contributed by atoms with Crippen molar-refractivity contribution in [3.8, 4) is 5.88 Å². The van der Waals surface area contributed by atoms with Gasteiger partial charge in [-0.3, -0.25) is 19.6 Å². The Bertz CT molecular complexity index is 1070. The van der Waals surface area contributed by atoms with E-state index in [1.807, 2.05) is 9.97 Å². The lowest BCUT2D eigenvalue weighted by atomic mass is 10.1. The van der Waals surface area contributed by atoms with Crippen LogP contribution in [0.4, 0.5) is 5.69 Å². The number of halogens is 2. The van der Waals surface area contributed by atoms with Crippen LogP contribution in [0.25, 0.3) is 6.08 Å². The Morgan fingerprint density at radius 1 is 1.20 bits per heavy atom. The number of aromatic nitrogens is 2. The predicted octanol–water partition coefficient (Wildman–Crippen LogP) is 1.88. The number of aromatic hydroxyl groups is 1. The summed E-state index contributed by atoms with van der Waals surface area (Å²) in [6.45, 7) is 1.55. The lowest BCUT2D eigenvalue weighted by Gasteiger charge is -2.13. The number of hydrazone groups is 1. The van der Waals surface area contributed by atoms with Crippen LogP contribution >= 0.6 is 23.2 Å². The van der Waals surface area contributed by atoms with Gasteiger partial charge in [-0.15, -0.1) is 0 Å². The SMILES string of the molecule is CC1=NN(c2cc(Cl)ccc2Cl)C(=O)C1=Cc1c(O)[nH]c(=O)[nH]c1=O. The Kier molecular flexibility index (Phi) is 4.23. The molecule has 0 radical (unpaired) electrons. The number of amides is 1. The highest BCUT2D eigenvalue weighted by molar-refractivity contribution is 6.38. The fourth-order valence-electron chi connectivity index (χ4n) is 2.26. The lowest BCUT2D eigenvalue weighted by Crippen LogP contribution is -2.25. The Balaban J connectivity index is 2.09. The molecule has 0 spiro atoms. The topological polar surface area (TPSA) is 119 Å². The van der Waals surface area contributed by atoms with Crippen LogP contribution in [-0.2, 0) is 4.79 Å². The van der Waals surface area contributed by atoms with Gasteiger partial charge in [0.2, 0.25) is 5.88 Å². The summed E-state index contributed by atoms with van der Waals surface area (Å²) < 4.78 is 0. The monoisotopic (exact) mass is 380 g/mol. The largest absolute Gasteiger partial charge is 0.494 e. The first kappa shape index (κ1) is 17.0. The molecular formula is C15H10Cl2N4O4.